The van der Waals surface area contributed by atoms with Crippen LogP contribution >= 0.6 is 0 Å². The highest BCUT2D eigenvalue weighted by atomic mass is 14.4. The van der Waals surface area contributed by atoms with Crippen LogP contribution < -0.4 is 0 Å². The fourth-order valence-corrected chi connectivity index (χ4v) is 4.14. The van der Waals surface area contributed by atoms with Crippen molar-refractivity contribution in [2.24, 2.45) is 17.8 Å². The highest BCUT2D eigenvalue weighted by molar-refractivity contribution is 5.58. The second-order valence-electron chi connectivity index (χ2n) is 6.10. The Morgan fingerprint density at radius 2 is 1.68 bits per heavy atom. The largest absolute Gasteiger partial charge is 0.0839 e. The molecule has 4 aliphatic rings. The van der Waals surface area contributed by atoms with Gasteiger partial charge >= 0.3 is 0 Å². The zero-order chi connectivity index (χ0) is 12.8. The quantitative estimate of drug-likeness (QED) is 0.572. The monoisotopic (exact) mass is 248 g/mol. The molecule has 0 saturated heterocycles. The van der Waals surface area contributed by atoms with Gasteiger partial charge < -0.3 is 0 Å². The predicted molar refractivity (Wildman–Crippen MR) is 80.6 cm³/mol. The van der Waals surface area contributed by atoms with Gasteiger partial charge in [-0.1, -0.05) is 55.5 Å². The van der Waals surface area contributed by atoms with E-state index in [0.29, 0.717) is 17.8 Å². The highest BCUT2D eigenvalue weighted by Gasteiger charge is 2.36. The molecule has 19 heavy (non-hydrogen) atoms. The topological polar surface area (TPSA) is 0 Å². The molecule has 0 aromatic heterocycles. The molecule has 0 amide bonds. The Kier molecular flexibility index (Phi) is 2.51. The van der Waals surface area contributed by atoms with Crippen molar-refractivity contribution in [1.29, 1.82) is 0 Å². The fourth-order valence-electron chi connectivity index (χ4n) is 4.14. The molecule has 0 bridgehead atoms. The van der Waals surface area contributed by atoms with Crippen molar-refractivity contribution in [1.82, 2.24) is 0 Å². The first kappa shape index (κ1) is 11.3. The number of fused-ring (bicyclic) bond motifs is 4. The van der Waals surface area contributed by atoms with Crippen LogP contribution in [0.2, 0.25) is 0 Å². The van der Waals surface area contributed by atoms with E-state index in [1.807, 2.05) is 0 Å². The molecule has 0 nitrogen and oxygen atoms in total. The molecule has 0 fully saturated rings. The van der Waals surface area contributed by atoms with E-state index in [4.69, 9.17) is 0 Å². The van der Waals surface area contributed by atoms with E-state index in [0.717, 1.165) is 0 Å². The van der Waals surface area contributed by atoms with Crippen LogP contribution in [0.1, 0.15) is 26.2 Å². The molecule has 4 aliphatic carbocycles. The van der Waals surface area contributed by atoms with Gasteiger partial charge in [0.15, 0.2) is 0 Å². The number of allylic oxidation sites excluding steroid dienone is 12. The Bertz CT molecular complexity index is 590. The molecule has 0 aromatic carbocycles. The molecule has 0 aliphatic heterocycles. The van der Waals surface area contributed by atoms with Gasteiger partial charge in [-0.3, -0.25) is 0 Å². The van der Waals surface area contributed by atoms with Crippen molar-refractivity contribution >= 4 is 0 Å². The first-order chi connectivity index (χ1) is 9.36. The maximum atomic E-state index is 2.40. The summed E-state index contributed by atoms with van der Waals surface area (Å²) in [7, 11) is 0. The number of hydrogen-bond donors (Lipinski definition) is 0. The van der Waals surface area contributed by atoms with Gasteiger partial charge in [0, 0.05) is 11.8 Å². The summed E-state index contributed by atoms with van der Waals surface area (Å²) in [6.07, 6.45) is 22.4. The molecule has 0 radical (unpaired) electrons. The summed E-state index contributed by atoms with van der Waals surface area (Å²) in [6, 6.07) is 0. The molecule has 0 spiro atoms. The van der Waals surface area contributed by atoms with Crippen molar-refractivity contribution in [3.63, 3.8) is 0 Å². The number of rotatable bonds is 0. The minimum Gasteiger partial charge on any atom is -0.0839 e. The second kappa shape index (κ2) is 4.23. The maximum Gasteiger partial charge on any atom is 0.0128 e. The third-order valence-corrected chi connectivity index (χ3v) is 4.98. The molecule has 3 atom stereocenters. The van der Waals surface area contributed by atoms with E-state index in [9.17, 15) is 0 Å². The number of hydrogen-bond acceptors (Lipinski definition) is 0. The first-order valence-corrected chi connectivity index (χ1v) is 7.52. The summed E-state index contributed by atoms with van der Waals surface area (Å²) >= 11 is 0. The van der Waals surface area contributed by atoms with Gasteiger partial charge in [-0.05, 0) is 47.5 Å². The van der Waals surface area contributed by atoms with Gasteiger partial charge in [0.05, 0.1) is 0 Å². The summed E-state index contributed by atoms with van der Waals surface area (Å²) in [5, 5.41) is 0. The Hall–Kier alpha value is -1.56. The van der Waals surface area contributed by atoms with Crippen LogP contribution in [0.3, 0.4) is 0 Å². The highest BCUT2D eigenvalue weighted by Crippen LogP contribution is 2.49. The van der Waals surface area contributed by atoms with Crippen molar-refractivity contribution in [2.45, 2.75) is 26.2 Å². The van der Waals surface area contributed by atoms with Crippen LogP contribution in [-0.2, 0) is 0 Å². The summed E-state index contributed by atoms with van der Waals surface area (Å²) in [6.45, 7) is 2.39. The normalized spacial score (nSPS) is 35.3. The minimum absolute atomic E-state index is 0.570. The zero-order valence-electron chi connectivity index (χ0n) is 11.5. The van der Waals surface area contributed by atoms with E-state index < -0.39 is 0 Å². The van der Waals surface area contributed by atoms with E-state index in [1.54, 1.807) is 22.3 Å². The molecule has 96 valence electrons. The molecule has 3 unspecified atom stereocenters. The van der Waals surface area contributed by atoms with E-state index in [-0.39, 0.29) is 0 Å². The summed E-state index contributed by atoms with van der Waals surface area (Å²) < 4.78 is 0. The Morgan fingerprint density at radius 3 is 2.53 bits per heavy atom. The van der Waals surface area contributed by atoms with Crippen LogP contribution in [0.4, 0.5) is 0 Å². The minimum atomic E-state index is 0.570. The molecular formula is C19H20. The SMILES string of the molecule is CC1CC=CC2=C1C1=C(C=CCC1)C1C=CC=CC21. The standard InChI is InChI=1S/C19H20/c1-13-7-6-12-18-16-9-3-2-8-14(16)15-10-4-5-11-17(15)19(13)18/h2-4,6,8-10,12-14,16H,5,7,11H2,1H3. The zero-order valence-corrected chi connectivity index (χ0v) is 11.5. The van der Waals surface area contributed by atoms with Crippen LogP contribution in [-0.4, -0.2) is 0 Å². The van der Waals surface area contributed by atoms with Gasteiger partial charge in [-0.15, -0.1) is 0 Å². The molecule has 0 aromatic rings. The molecule has 0 N–H and O–H groups in total. The van der Waals surface area contributed by atoms with Gasteiger partial charge in [-0.25, -0.2) is 0 Å². The van der Waals surface area contributed by atoms with Gasteiger partial charge in [-0.2, -0.15) is 0 Å². The first-order valence-electron chi connectivity index (χ1n) is 7.52. The van der Waals surface area contributed by atoms with Gasteiger partial charge in [0.2, 0.25) is 0 Å². The lowest BCUT2D eigenvalue weighted by molar-refractivity contribution is 0.550. The average molecular weight is 248 g/mol. The third-order valence-electron chi connectivity index (χ3n) is 4.98. The lowest BCUT2D eigenvalue weighted by Gasteiger charge is -2.40. The summed E-state index contributed by atoms with van der Waals surface area (Å²) in [4.78, 5) is 0. The van der Waals surface area contributed by atoms with Crippen molar-refractivity contribution in [3.8, 4) is 0 Å². The smallest absolute Gasteiger partial charge is 0.0128 e. The molecule has 0 heterocycles. The van der Waals surface area contributed by atoms with Crippen molar-refractivity contribution < 1.29 is 0 Å². The van der Waals surface area contributed by atoms with Crippen LogP contribution in [0, 0.1) is 17.8 Å². The van der Waals surface area contributed by atoms with E-state index >= 15 is 0 Å². The Labute approximate surface area is 115 Å². The van der Waals surface area contributed by atoms with E-state index in [2.05, 4.69) is 55.5 Å². The summed E-state index contributed by atoms with van der Waals surface area (Å²) in [5.74, 6) is 1.84. The van der Waals surface area contributed by atoms with Gasteiger partial charge in [0.1, 0.15) is 0 Å². The Morgan fingerprint density at radius 1 is 0.947 bits per heavy atom. The fraction of sp³-hybridized carbons (Fsp3) is 0.368. The van der Waals surface area contributed by atoms with Crippen LogP contribution in [0.15, 0.2) is 70.9 Å². The van der Waals surface area contributed by atoms with Crippen molar-refractivity contribution in [3.05, 3.63) is 70.9 Å². The van der Waals surface area contributed by atoms with Crippen molar-refractivity contribution in [2.75, 3.05) is 0 Å². The van der Waals surface area contributed by atoms with E-state index in [1.165, 1.54) is 19.3 Å². The molecular weight excluding hydrogens is 228 g/mol. The lowest BCUT2D eigenvalue weighted by Crippen LogP contribution is -2.27. The molecule has 0 heteroatoms. The van der Waals surface area contributed by atoms with Gasteiger partial charge in [0.25, 0.3) is 0 Å². The van der Waals surface area contributed by atoms with Crippen LogP contribution in [0.5, 0.6) is 0 Å². The second-order valence-corrected chi connectivity index (χ2v) is 6.10. The van der Waals surface area contributed by atoms with Crippen LogP contribution in [0.25, 0.3) is 0 Å². The average Bonchev–Trinajstić information content (AvgIpc) is 2.47. The Balaban J connectivity index is 1.95. The molecule has 0 saturated carbocycles. The predicted octanol–water partition coefficient (Wildman–Crippen LogP) is 4.90. The maximum absolute atomic E-state index is 2.40. The third kappa shape index (κ3) is 1.59. The lowest BCUT2D eigenvalue weighted by atomic mass is 9.64. The molecule has 4 rings (SSSR count). The summed E-state index contributed by atoms with van der Waals surface area (Å²) in [5.41, 5.74) is 6.52.